The molecule has 0 bridgehead atoms. The van der Waals surface area contributed by atoms with Gasteiger partial charge >= 0.3 is 0 Å². The second-order valence-corrected chi connectivity index (χ2v) is 12.4. The third-order valence-corrected chi connectivity index (χ3v) is 9.33. The smallest absolute Gasteiger partial charge is 0.265 e. The summed E-state index contributed by atoms with van der Waals surface area (Å²) in [6, 6.07) is 20.1. The molecule has 8 heteroatoms. The van der Waals surface area contributed by atoms with Crippen LogP contribution >= 0.6 is 0 Å². The van der Waals surface area contributed by atoms with Gasteiger partial charge in [0.05, 0.1) is 11.4 Å². The first-order chi connectivity index (χ1) is 23.3. The molecular weight excluding hydrogens is 602 g/mol. The number of imide groups is 2. The number of carbonyl (C=O) groups is 5. The van der Waals surface area contributed by atoms with Gasteiger partial charge in [-0.3, -0.25) is 24.0 Å². The first kappa shape index (κ1) is 31.0. The lowest BCUT2D eigenvalue weighted by molar-refractivity contribution is 0.0749. The van der Waals surface area contributed by atoms with Crippen LogP contribution in [0.5, 0.6) is 0 Å². The van der Waals surface area contributed by atoms with Crippen LogP contribution in [0.25, 0.3) is 16.3 Å². The summed E-state index contributed by atoms with van der Waals surface area (Å²) in [7, 11) is 0. The number of nitrogens with zero attached hydrogens (tertiary/aromatic N) is 3. The molecule has 48 heavy (non-hydrogen) atoms. The average molecular weight is 638 g/mol. The lowest BCUT2D eigenvalue weighted by Gasteiger charge is -2.32. The van der Waals surface area contributed by atoms with Crippen molar-refractivity contribution in [1.29, 1.82) is 0 Å². The van der Waals surface area contributed by atoms with Crippen molar-refractivity contribution in [2.45, 2.75) is 46.0 Å². The van der Waals surface area contributed by atoms with Crippen molar-refractivity contribution in [3.8, 4) is 0 Å². The van der Waals surface area contributed by atoms with E-state index in [4.69, 9.17) is 0 Å². The van der Waals surface area contributed by atoms with Crippen molar-refractivity contribution >= 4 is 57.3 Å². The summed E-state index contributed by atoms with van der Waals surface area (Å²) < 4.78 is 0. The largest absolute Gasteiger partial charge is 0.339 e. The molecule has 0 N–H and O–H groups in total. The third kappa shape index (κ3) is 5.04. The molecule has 240 valence electrons. The zero-order chi connectivity index (χ0) is 33.5. The van der Waals surface area contributed by atoms with Gasteiger partial charge in [0.25, 0.3) is 29.5 Å². The van der Waals surface area contributed by atoms with Crippen molar-refractivity contribution in [1.82, 2.24) is 4.90 Å². The van der Waals surface area contributed by atoms with Gasteiger partial charge in [-0.2, -0.15) is 0 Å². The van der Waals surface area contributed by atoms with Crippen LogP contribution in [0.4, 0.5) is 11.4 Å². The van der Waals surface area contributed by atoms with Gasteiger partial charge in [-0.15, -0.1) is 0 Å². The fourth-order valence-corrected chi connectivity index (χ4v) is 6.79. The third-order valence-electron chi connectivity index (χ3n) is 9.33. The van der Waals surface area contributed by atoms with Crippen LogP contribution in [0.3, 0.4) is 0 Å². The monoisotopic (exact) mass is 637 g/mol. The number of carbonyl (C=O) groups excluding carboxylic acids is 5. The first-order valence-corrected chi connectivity index (χ1v) is 16.6. The molecule has 5 amide bonds. The van der Waals surface area contributed by atoms with Crippen LogP contribution in [0, 0.1) is 0 Å². The van der Waals surface area contributed by atoms with E-state index in [1.165, 1.54) is 0 Å². The van der Waals surface area contributed by atoms with Crippen molar-refractivity contribution < 1.29 is 24.0 Å². The van der Waals surface area contributed by atoms with E-state index in [2.05, 4.69) is 26.0 Å². The average Bonchev–Trinajstić information content (AvgIpc) is 3.65. The van der Waals surface area contributed by atoms with Crippen LogP contribution < -0.4 is 9.80 Å². The zero-order valence-electron chi connectivity index (χ0n) is 27.0. The number of rotatable bonds is 10. The summed E-state index contributed by atoms with van der Waals surface area (Å²) in [6.07, 6.45) is 10.8. The van der Waals surface area contributed by atoms with E-state index in [9.17, 15) is 24.0 Å². The summed E-state index contributed by atoms with van der Waals surface area (Å²) >= 11 is 0. The van der Waals surface area contributed by atoms with Gasteiger partial charge < -0.3 is 4.90 Å². The van der Waals surface area contributed by atoms with Crippen LogP contribution in [-0.2, 0) is 0 Å². The van der Waals surface area contributed by atoms with Gasteiger partial charge in [0.15, 0.2) is 0 Å². The number of benzene rings is 4. The van der Waals surface area contributed by atoms with Crippen LogP contribution in [0.2, 0.25) is 0 Å². The Balaban J connectivity index is 1.23. The Morgan fingerprint density at radius 2 is 1.19 bits per heavy atom. The molecule has 8 nitrogen and oxygen atoms in total. The number of amides is 5. The molecular formula is C40H35N3O5. The van der Waals surface area contributed by atoms with E-state index in [1.807, 2.05) is 23.1 Å². The topological polar surface area (TPSA) is 95.1 Å². The molecule has 0 aromatic heterocycles. The molecule has 0 spiro atoms. The second kappa shape index (κ2) is 12.5. The molecule has 2 heterocycles. The molecule has 1 aliphatic carbocycles. The van der Waals surface area contributed by atoms with E-state index >= 15 is 0 Å². The Kier molecular flexibility index (Phi) is 8.09. The molecule has 0 saturated carbocycles. The van der Waals surface area contributed by atoms with Crippen LogP contribution in [-0.4, -0.2) is 47.5 Å². The molecule has 4 aromatic rings. The van der Waals surface area contributed by atoms with E-state index in [0.717, 1.165) is 53.0 Å². The molecule has 0 unspecified atom stereocenters. The summed E-state index contributed by atoms with van der Waals surface area (Å²) in [5.41, 5.74) is 4.12. The Morgan fingerprint density at radius 1 is 0.667 bits per heavy atom. The summed E-state index contributed by atoms with van der Waals surface area (Å²) in [5.74, 6) is -2.34. The zero-order valence-corrected chi connectivity index (χ0v) is 27.0. The lowest BCUT2D eigenvalue weighted by atomic mass is 9.85. The Bertz CT molecular complexity index is 2010. The van der Waals surface area contributed by atoms with Gasteiger partial charge in [0, 0.05) is 51.7 Å². The minimum absolute atomic E-state index is 0.140. The maximum atomic E-state index is 14.1. The number of anilines is 2. The maximum absolute atomic E-state index is 14.1. The van der Waals surface area contributed by atoms with E-state index in [-0.39, 0.29) is 33.8 Å². The minimum atomic E-state index is -0.581. The SMILES string of the molecule is CCCCN(CCCC)C(=O)c1cccc(N2C(=O)c3ccc4c5c(ccc(c35)C2=O)C(=O)N(c2ccc(C3=CCC=C3)cc2)C4=O)c1. The lowest BCUT2D eigenvalue weighted by Crippen LogP contribution is -2.43. The highest BCUT2D eigenvalue weighted by Gasteiger charge is 2.40. The molecule has 2 aliphatic heterocycles. The molecule has 0 fully saturated rings. The van der Waals surface area contributed by atoms with E-state index < -0.39 is 23.6 Å². The Hall–Kier alpha value is -5.63. The first-order valence-electron chi connectivity index (χ1n) is 16.6. The fraction of sp³-hybridized carbons (Fsp3) is 0.225. The number of allylic oxidation sites excluding steroid dienone is 4. The Morgan fingerprint density at radius 3 is 1.67 bits per heavy atom. The summed E-state index contributed by atoms with van der Waals surface area (Å²) in [5, 5.41) is 0.604. The predicted octanol–water partition coefficient (Wildman–Crippen LogP) is 7.83. The van der Waals surface area contributed by atoms with Crippen molar-refractivity contribution in [2.24, 2.45) is 0 Å². The van der Waals surface area contributed by atoms with Crippen LogP contribution in [0.1, 0.15) is 103 Å². The Labute approximate surface area is 278 Å². The van der Waals surface area contributed by atoms with Gasteiger partial charge in [0.2, 0.25) is 0 Å². The van der Waals surface area contributed by atoms with Gasteiger partial charge in [-0.25, -0.2) is 9.80 Å². The normalized spacial score (nSPS) is 15.1. The molecule has 0 atom stereocenters. The molecule has 0 radical (unpaired) electrons. The highest BCUT2D eigenvalue weighted by atomic mass is 16.2. The van der Waals surface area contributed by atoms with Gasteiger partial charge in [0.1, 0.15) is 0 Å². The quantitative estimate of drug-likeness (QED) is 0.165. The van der Waals surface area contributed by atoms with Gasteiger partial charge in [-0.05, 0) is 85.0 Å². The van der Waals surface area contributed by atoms with E-state index in [0.29, 0.717) is 35.1 Å². The van der Waals surface area contributed by atoms with Crippen molar-refractivity contribution in [3.05, 3.63) is 124 Å². The van der Waals surface area contributed by atoms with Crippen LogP contribution in [0.15, 0.2) is 91.0 Å². The minimum Gasteiger partial charge on any atom is -0.339 e. The predicted molar refractivity (Wildman–Crippen MR) is 187 cm³/mol. The molecule has 3 aliphatic rings. The highest BCUT2D eigenvalue weighted by Crippen LogP contribution is 2.40. The maximum Gasteiger partial charge on any atom is 0.265 e. The number of unbranched alkanes of at least 4 members (excludes halogenated alkanes) is 2. The number of hydrogen-bond donors (Lipinski definition) is 0. The van der Waals surface area contributed by atoms with Gasteiger partial charge in [-0.1, -0.05) is 63.1 Å². The van der Waals surface area contributed by atoms with Crippen molar-refractivity contribution in [3.63, 3.8) is 0 Å². The van der Waals surface area contributed by atoms with Crippen molar-refractivity contribution in [2.75, 3.05) is 22.9 Å². The standard InChI is InChI=1S/C40H35N3O5/c1-3-5-22-41(23-6-4-2)36(44)27-12-9-13-29(24-27)43-39(47)32-20-18-30-34-31(19-21-33(35(32)34)40(43)48)38(46)42(37(30)45)28-16-14-26(15-17-28)25-10-7-8-11-25/h7,9-21,24H,3-6,8,22-23H2,1-2H3. The highest BCUT2D eigenvalue weighted by molar-refractivity contribution is 6.42. The second-order valence-electron chi connectivity index (χ2n) is 12.4. The van der Waals surface area contributed by atoms with E-state index in [1.54, 1.807) is 60.7 Å². The number of hydrogen-bond acceptors (Lipinski definition) is 5. The molecule has 0 saturated heterocycles. The molecule has 7 rings (SSSR count). The fourth-order valence-electron chi connectivity index (χ4n) is 6.79. The summed E-state index contributed by atoms with van der Waals surface area (Å²) in [4.78, 5) is 73.5. The molecule has 4 aromatic carbocycles. The summed E-state index contributed by atoms with van der Waals surface area (Å²) in [6.45, 7) is 5.43.